The number of methoxy groups -OCH3 is 1. The standard InChI is InChI=1S/C12H13N3O4S/c1-19-12(16)9-3-2-5-15-11(9)13-10(14-15)8-4-6-20(17,18)7-8/h2-3,5,8H,4,6-7H2,1H3. The topological polar surface area (TPSA) is 90.6 Å². The second-order valence-electron chi connectivity index (χ2n) is 4.75. The summed E-state index contributed by atoms with van der Waals surface area (Å²) < 4.78 is 29.2. The zero-order valence-corrected chi connectivity index (χ0v) is 11.6. The van der Waals surface area contributed by atoms with Gasteiger partial charge in [-0.1, -0.05) is 0 Å². The number of nitrogens with zero attached hydrogens (tertiary/aromatic N) is 3. The van der Waals surface area contributed by atoms with E-state index in [-0.39, 0.29) is 17.4 Å². The number of aromatic nitrogens is 3. The zero-order chi connectivity index (χ0) is 14.3. The van der Waals surface area contributed by atoms with Crippen molar-refractivity contribution in [3.8, 4) is 0 Å². The molecule has 20 heavy (non-hydrogen) atoms. The molecule has 1 aliphatic heterocycles. The molecule has 0 saturated carbocycles. The lowest BCUT2D eigenvalue weighted by Crippen LogP contribution is -2.05. The fraction of sp³-hybridized carbons (Fsp3) is 0.417. The molecule has 0 aliphatic carbocycles. The molecule has 106 valence electrons. The number of hydrogen-bond acceptors (Lipinski definition) is 6. The van der Waals surface area contributed by atoms with Crippen molar-refractivity contribution in [3.05, 3.63) is 29.7 Å². The van der Waals surface area contributed by atoms with Gasteiger partial charge in [0.15, 0.2) is 21.3 Å². The van der Waals surface area contributed by atoms with Crippen LogP contribution in [0.3, 0.4) is 0 Å². The highest BCUT2D eigenvalue weighted by molar-refractivity contribution is 7.91. The SMILES string of the molecule is COC(=O)c1cccn2nc(C3CCS(=O)(=O)C3)nc12. The van der Waals surface area contributed by atoms with E-state index in [1.807, 2.05) is 0 Å². The van der Waals surface area contributed by atoms with Gasteiger partial charge in [0, 0.05) is 12.1 Å². The average Bonchev–Trinajstić information content (AvgIpc) is 3.00. The van der Waals surface area contributed by atoms with E-state index in [4.69, 9.17) is 4.74 Å². The summed E-state index contributed by atoms with van der Waals surface area (Å²) in [6.07, 6.45) is 2.19. The molecule has 2 aromatic heterocycles. The number of esters is 1. The quantitative estimate of drug-likeness (QED) is 0.746. The molecule has 0 radical (unpaired) electrons. The van der Waals surface area contributed by atoms with Crippen LogP contribution in [0.25, 0.3) is 5.65 Å². The molecular formula is C12H13N3O4S. The second-order valence-corrected chi connectivity index (χ2v) is 6.98. The van der Waals surface area contributed by atoms with Crippen molar-refractivity contribution in [2.75, 3.05) is 18.6 Å². The largest absolute Gasteiger partial charge is 0.465 e. The van der Waals surface area contributed by atoms with Gasteiger partial charge in [-0.15, -0.1) is 0 Å². The van der Waals surface area contributed by atoms with E-state index in [1.54, 1.807) is 18.3 Å². The summed E-state index contributed by atoms with van der Waals surface area (Å²) in [6.45, 7) is 0. The molecule has 0 amide bonds. The molecule has 0 aromatic carbocycles. The highest BCUT2D eigenvalue weighted by Crippen LogP contribution is 2.27. The van der Waals surface area contributed by atoms with E-state index in [0.29, 0.717) is 23.5 Å². The Labute approximate surface area is 115 Å². The fourth-order valence-corrected chi connectivity index (χ4v) is 4.10. The normalized spacial score (nSPS) is 21.1. The van der Waals surface area contributed by atoms with E-state index >= 15 is 0 Å². The average molecular weight is 295 g/mol. The van der Waals surface area contributed by atoms with E-state index < -0.39 is 15.8 Å². The van der Waals surface area contributed by atoms with E-state index in [1.165, 1.54) is 11.6 Å². The van der Waals surface area contributed by atoms with Crippen molar-refractivity contribution in [1.29, 1.82) is 0 Å². The predicted molar refractivity (Wildman–Crippen MR) is 70.3 cm³/mol. The lowest BCUT2D eigenvalue weighted by atomic mass is 10.1. The lowest BCUT2D eigenvalue weighted by Gasteiger charge is -1.99. The third kappa shape index (κ3) is 2.15. The Kier molecular flexibility index (Phi) is 2.97. The van der Waals surface area contributed by atoms with Crippen LogP contribution in [0.2, 0.25) is 0 Å². The summed E-state index contributed by atoms with van der Waals surface area (Å²) >= 11 is 0. The first kappa shape index (κ1) is 13.0. The van der Waals surface area contributed by atoms with Gasteiger partial charge in [-0.3, -0.25) is 0 Å². The Hall–Kier alpha value is -1.96. The first-order valence-corrected chi connectivity index (χ1v) is 7.96. The maximum absolute atomic E-state index is 11.7. The second kappa shape index (κ2) is 4.55. The van der Waals surface area contributed by atoms with Crippen molar-refractivity contribution in [2.24, 2.45) is 0 Å². The first-order chi connectivity index (χ1) is 9.50. The van der Waals surface area contributed by atoms with Crippen LogP contribution in [-0.2, 0) is 14.6 Å². The fourth-order valence-electron chi connectivity index (χ4n) is 2.36. The Morgan fingerprint density at radius 1 is 1.50 bits per heavy atom. The van der Waals surface area contributed by atoms with Gasteiger partial charge in [0.2, 0.25) is 0 Å². The molecule has 8 heteroatoms. The molecule has 0 N–H and O–H groups in total. The molecule has 1 atom stereocenters. The molecule has 1 aliphatic rings. The van der Waals surface area contributed by atoms with Gasteiger partial charge in [0.05, 0.1) is 18.6 Å². The van der Waals surface area contributed by atoms with Crippen LogP contribution in [-0.4, -0.2) is 47.6 Å². The third-order valence-corrected chi connectivity index (χ3v) is 5.15. The summed E-state index contributed by atoms with van der Waals surface area (Å²) in [6, 6.07) is 3.27. The molecule has 1 fully saturated rings. The van der Waals surface area contributed by atoms with Crippen LogP contribution >= 0.6 is 0 Å². The van der Waals surface area contributed by atoms with E-state index in [9.17, 15) is 13.2 Å². The van der Waals surface area contributed by atoms with Gasteiger partial charge < -0.3 is 4.74 Å². The Bertz CT molecular complexity index is 781. The van der Waals surface area contributed by atoms with Crippen LogP contribution in [0.15, 0.2) is 18.3 Å². The van der Waals surface area contributed by atoms with Crippen LogP contribution in [0.1, 0.15) is 28.5 Å². The number of fused-ring (bicyclic) bond motifs is 1. The first-order valence-electron chi connectivity index (χ1n) is 6.14. The molecule has 2 aromatic rings. The van der Waals surface area contributed by atoms with Crippen LogP contribution in [0.4, 0.5) is 0 Å². The van der Waals surface area contributed by atoms with Crippen molar-refractivity contribution in [1.82, 2.24) is 14.6 Å². The van der Waals surface area contributed by atoms with Gasteiger partial charge in [-0.25, -0.2) is 22.7 Å². The minimum absolute atomic E-state index is 0.0669. The monoisotopic (exact) mass is 295 g/mol. The maximum Gasteiger partial charge on any atom is 0.341 e. The third-order valence-electron chi connectivity index (χ3n) is 3.38. The van der Waals surface area contributed by atoms with E-state index in [0.717, 1.165) is 0 Å². The van der Waals surface area contributed by atoms with Crippen LogP contribution in [0.5, 0.6) is 0 Å². The smallest absolute Gasteiger partial charge is 0.341 e. The van der Waals surface area contributed by atoms with Crippen molar-refractivity contribution in [2.45, 2.75) is 12.3 Å². The summed E-state index contributed by atoms with van der Waals surface area (Å²) in [4.78, 5) is 16.0. The minimum atomic E-state index is -2.99. The Morgan fingerprint density at radius 3 is 2.95 bits per heavy atom. The van der Waals surface area contributed by atoms with Gasteiger partial charge >= 0.3 is 5.97 Å². The highest BCUT2D eigenvalue weighted by Gasteiger charge is 2.32. The molecule has 7 nitrogen and oxygen atoms in total. The number of carbonyl (C=O) groups is 1. The van der Waals surface area contributed by atoms with Crippen LogP contribution < -0.4 is 0 Å². The molecule has 3 heterocycles. The maximum atomic E-state index is 11.7. The van der Waals surface area contributed by atoms with Gasteiger partial charge in [-0.05, 0) is 18.6 Å². The Balaban J connectivity index is 2.05. The van der Waals surface area contributed by atoms with Gasteiger partial charge in [0.1, 0.15) is 5.56 Å². The summed E-state index contributed by atoms with van der Waals surface area (Å²) in [5.41, 5.74) is 0.702. The Morgan fingerprint density at radius 2 is 2.30 bits per heavy atom. The molecule has 3 rings (SSSR count). The predicted octanol–water partition coefficient (Wildman–Crippen LogP) is 0.418. The van der Waals surface area contributed by atoms with Crippen molar-refractivity contribution < 1.29 is 17.9 Å². The number of carbonyl (C=O) groups excluding carboxylic acids is 1. The zero-order valence-electron chi connectivity index (χ0n) is 10.8. The number of sulfone groups is 1. The van der Waals surface area contributed by atoms with Crippen molar-refractivity contribution in [3.63, 3.8) is 0 Å². The highest BCUT2D eigenvalue weighted by atomic mass is 32.2. The number of ether oxygens (including phenoxy) is 1. The minimum Gasteiger partial charge on any atom is -0.465 e. The molecule has 0 spiro atoms. The number of hydrogen-bond donors (Lipinski definition) is 0. The summed E-state index contributed by atoms with van der Waals surface area (Å²) in [5.74, 6) is -0.00413. The number of pyridine rings is 1. The van der Waals surface area contributed by atoms with E-state index in [2.05, 4.69) is 10.1 Å². The summed E-state index contributed by atoms with van der Waals surface area (Å²) in [7, 11) is -1.69. The van der Waals surface area contributed by atoms with Gasteiger partial charge in [0.25, 0.3) is 0 Å². The molecular weight excluding hydrogens is 282 g/mol. The molecule has 0 bridgehead atoms. The molecule has 1 unspecified atom stereocenters. The molecule has 1 saturated heterocycles. The number of rotatable bonds is 2. The summed E-state index contributed by atoms with van der Waals surface area (Å²) in [5, 5.41) is 4.27. The van der Waals surface area contributed by atoms with Gasteiger partial charge in [-0.2, -0.15) is 5.10 Å². The van der Waals surface area contributed by atoms with Crippen molar-refractivity contribution >= 4 is 21.5 Å². The van der Waals surface area contributed by atoms with Crippen LogP contribution in [0, 0.1) is 0 Å². The lowest BCUT2D eigenvalue weighted by molar-refractivity contribution is 0.0602.